The van der Waals surface area contributed by atoms with Crippen LogP contribution in [-0.4, -0.2) is 37.7 Å². The maximum Gasteiger partial charge on any atom is 0.181 e. The van der Waals surface area contributed by atoms with E-state index in [1.807, 2.05) is 6.07 Å². The van der Waals surface area contributed by atoms with E-state index in [1.165, 1.54) is 0 Å². The van der Waals surface area contributed by atoms with Crippen LogP contribution in [-0.2, 0) is 9.84 Å². The molecule has 0 atom stereocenters. The number of hydrogen-bond donors (Lipinski definition) is 0. The quantitative estimate of drug-likeness (QED) is 0.857. The van der Waals surface area contributed by atoms with Gasteiger partial charge in [0.05, 0.1) is 21.8 Å². The molecule has 2 rings (SSSR count). The number of nitrogens with zero attached hydrogens (tertiary/aromatic N) is 2. The third-order valence-electron chi connectivity index (χ3n) is 3.96. The van der Waals surface area contributed by atoms with E-state index < -0.39 is 9.84 Å². The smallest absolute Gasteiger partial charge is 0.181 e. The largest absolute Gasteiger partial charge is 0.301 e. The fourth-order valence-corrected chi connectivity index (χ4v) is 4.35. The van der Waals surface area contributed by atoms with Crippen LogP contribution < -0.4 is 0 Å². The average molecular weight is 292 g/mol. The van der Waals surface area contributed by atoms with Crippen molar-refractivity contribution in [2.24, 2.45) is 0 Å². The monoisotopic (exact) mass is 292 g/mol. The summed E-state index contributed by atoms with van der Waals surface area (Å²) in [7, 11) is -3.27. The van der Waals surface area contributed by atoms with Gasteiger partial charge in [-0.05, 0) is 64.0 Å². The number of rotatable bonds is 3. The molecule has 1 heterocycles. The van der Waals surface area contributed by atoms with Crippen molar-refractivity contribution in [2.75, 3.05) is 13.1 Å². The highest BCUT2D eigenvalue weighted by molar-refractivity contribution is 7.92. The molecule has 0 spiro atoms. The van der Waals surface area contributed by atoms with Gasteiger partial charge in [-0.25, -0.2) is 8.42 Å². The Labute approximate surface area is 120 Å². The minimum atomic E-state index is -3.27. The minimum Gasteiger partial charge on any atom is -0.301 e. The van der Waals surface area contributed by atoms with Gasteiger partial charge in [-0.15, -0.1) is 0 Å². The van der Waals surface area contributed by atoms with Crippen molar-refractivity contribution in [2.45, 2.75) is 42.9 Å². The first-order valence-electron chi connectivity index (χ1n) is 6.93. The van der Waals surface area contributed by atoms with Crippen LogP contribution in [0.4, 0.5) is 0 Å². The lowest BCUT2D eigenvalue weighted by Gasteiger charge is -2.34. The Hall–Kier alpha value is -1.38. The van der Waals surface area contributed by atoms with Crippen LogP contribution in [0.2, 0.25) is 0 Å². The number of piperidine rings is 1. The fraction of sp³-hybridized carbons (Fsp3) is 0.533. The third-order valence-corrected chi connectivity index (χ3v) is 6.24. The number of hydrogen-bond acceptors (Lipinski definition) is 4. The zero-order chi connectivity index (χ0) is 14.8. The zero-order valence-electron chi connectivity index (χ0n) is 11.9. The second-order valence-electron chi connectivity index (χ2n) is 5.51. The van der Waals surface area contributed by atoms with Crippen molar-refractivity contribution >= 4 is 9.84 Å². The molecule has 1 aliphatic rings. The highest BCUT2D eigenvalue weighted by atomic mass is 32.2. The molecular formula is C15H20N2O2S. The molecule has 108 valence electrons. The molecule has 0 amide bonds. The molecule has 0 aliphatic carbocycles. The standard InChI is InChI=1S/C15H20N2O2S/c1-12(2)17-9-7-15(8-10-17)20(18,19)14-5-3-13(11-16)4-6-14/h3-6,12,15H,7-10H2,1-2H3. The van der Waals surface area contributed by atoms with E-state index in [2.05, 4.69) is 18.7 Å². The van der Waals surface area contributed by atoms with Crippen LogP contribution in [0, 0.1) is 11.3 Å². The normalized spacial score (nSPS) is 18.1. The SMILES string of the molecule is CC(C)N1CCC(S(=O)(=O)c2ccc(C#N)cc2)CC1. The Balaban J connectivity index is 2.13. The van der Waals surface area contributed by atoms with Gasteiger partial charge in [-0.1, -0.05) is 0 Å². The van der Waals surface area contributed by atoms with Gasteiger partial charge in [0.25, 0.3) is 0 Å². The van der Waals surface area contributed by atoms with Crippen LogP contribution in [0.3, 0.4) is 0 Å². The Morgan fingerprint density at radius 2 is 1.75 bits per heavy atom. The number of likely N-dealkylation sites (tertiary alicyclic amines) is 1. The highest BCUT2D eigenvalue weighted by Crippen LogP contribution is 2.25. The van der Waals surface area contributed by atoms with Crippen LogP contribution in [0.15, 0.2) is 29.2 Å². The summed E-state index contributed by atoms with van der Waals surface area (Å²) in [5, 5.41) is 8.46. The predicted molar refractivity (Wildman–Crippen MR) is 78.1 cm³/mol. The van der Waals surface area contributed by atoms with E-state index in [4.69, 9.17) is 5.26 Å². The molecule has 1 saturated heterocycles. The van der Waals surface area contributed by atoms with Gasteiger partial charge in [-0.3, -0.25) is 0 Å². The molecule has 4 nitrogen and oxygen atoms in total. The van der Waals surface area contributed by atoms with Gasteiger partial charge in [0.15, 0.2) is 9.84 Å². The van der Waals surface area contributed by atoms with Crippen molar-refractivity contribution in [3.63, 3.8) is 0 Å². The van der Waals surface area contributed by atoms with Crippen molar-refractivity contribution < 1.29 is 8.42 Å². The second kappa shape index (κ2) is 5.94. The molecule has 0 aromatic heterocycles. The van der Waals surface area contributed by atoms with Crippen LogP contribution in [0.25, 0.3) is 0 Å². The molecule has 1 fully saturated rings. The fourth-order valence-electron chi connectivity index (χ4n) is 2.61. The van der Waals surface area contributed by atoms with Crippen LogP contribution >= 0.6 is 0 Å². The molecule has 1 aliphatic heterocycles. The maximum absolute atomic E-state index is 12.6. The summed E-state index contributed by atoms with van der Waals surface area (Å²) in [5.74, 6) is 0. The Kier molecular flexibility index (Phi) is 4.46. The number of benzene rings is 1. The molecule has 1 aromatic carbocycles. The molecule has 0 unspecified atom stereocenters. The summed E-state index contributed by atoms with van der Waals surface area (Å²) in [4.78, 5) is 2.64. The summed E-state index contributed by atoms with van der Waals surface area (Å²) >= 11 is 0. The molecule has 0 N–H and O–H groups in total. The summed E-state index contributed by atoms with van der Waals surface area (Å²) < 4.78 is 25.1. The Morgan fingerprint density at radius 1 is 1.20 bits per heavy atom. The lowest BCUT2D eigenvalue weighted by molar-refractivity contribution is 0.186. The molecule has 0 saturated carbocycles. The lowest BCUT2D eigenvalue weighted by atomic mass is 10.1. The van der Waals surface area contributed by atoms with Crippen molar-refractivity contribution in [1.82, 2.24) is 4.90 Å². The molecular weight excluding hydrogens is 272 g/mol. The Bertz CT molecular complexity index is 592. The summed E-state index contributed by atoms with van der Waals surface area (Å²) in [6.07, 6.45) is 1.36. The lowest BCUT2D eigenvalue weighted by Crippen LogP contribution is -2.42. The van der Waals surface area contributed by atoms with Gasteiger partial charge in [0, 0.05) is 6.04 Å². The first kappa shape index (κ1) is 15.0. The third kappa shape index (κ3) is 3.02. The van der Waals surface area contributed by atoms with Gasteiger partial charge in [-0.2, -0.15) is 5.26 Å². The van der Waals surface area contributed by atoms with E-state index in [1.54, 1.807) is 24.3 Å². The number of nitriles is 1. The van der Waals surface area contributed by atoms with Crippen molar-refractivity contribution in [3.05, 3.63) is 29.8 Å². The summed E-state index contributed by atoms with van der Waals surface area (Å²) in [6, 6.07) is 8.69. The van der Waals surface area contributed by atoms with E-state index in [0.717, 1.165) is 13.1 Å². The summed E-state index contributed by atoms with van der Waals surface area (Å²) in [5.41, 5.74) is 0.485. The average Bonchev–Trinajstić information content (AvgIpc) is 2.47. The zero-order valence-corrected chi connectivity index (χ0v) is 12.7. The van der Waals surface area contributed by atoms with E-state index in [9.17, 15) is 8.42 Å². The van der Waals surface area contributed by atoms with Crippen LogP contribution in [0.1, 0.15) is 32.3 Å². The van der Waals surface area contributed by atoms with Gasteiger partial charge in [0.2, 0.25) is 0 Å². The molecule has 1 aromatic rings. The molecule has 20 heavy (non-hydrogen) atoms. The Morgan fingerprint density at radius 3 is 2.20 bits per heavy atom. The predicted octanol–water partition coefficient (Wildman–Crippen LogP) is 2.20. The van der Waals surface area contributed by atoms with E-state index in [0.29, 0.717) is 29.3 Å². The molecule has 5 heteroatoms. The van der Waals surface area contributed by atoms with Crippen molar-refractivity contribution in [1.29, 1.82) is 5.26 Å². The topological polar surface area (TPSA) is 61.2 Å². The second-order valence-corrected chi connectivity index (χ2v) is 7.74. The first-order valence-corrected chi connectivity index (χ1v) is 8.48. The molecule has 0 bridgehead atoms. The van der Waals surface area contributed by atoms with Crippen LogP contribution in [0.5, 0.6) is 0 Å². The highest BCUT2D eigenvalue weighted by Gasteiger charge is 2.31. The number of sulfone groups is 1. The van der Waals surface area contributed by atoms with E-state index >= 15 is 0 Å². The first-order chi connectivity index (χ1) is 9.45. The molecule has 0 radical (unpaired) electrons. The van der Waals surface area contributed by atoms with Crippen molar-refractivity contribution in [3.8, 4) is 6.07 Å². The van der Waals surface area contributed by atoms with Gasteiger partial charge in [0.1, 0.15) is 0 Å². The maximum atomic E-state index is 12.6. The van der Waals surface area contributed by atoms with Gasteiger partial charge >= 0.3 is 0 Å². The van der Waals surface area contributed by atoms with Gasteiger partial charge < -0.3 is 4.90 Å². The minimum absolute atomic E-state index is 0.301. The summed E-state index contributed by atoms with van der Waals surface area (Å²) in [6.45, 7) is 5.93. The van der Waals surface area contributed by atoms with E-state index in [-0.39, 0.29) is 5.25 Å².